The van der Waals surface area contributed by atoms with Crippen LogP contribution in [0.5, 0.6) is 0 Å². The van der Waals surface area contributed by atoms with E-state index in [-0.39, 0.29) is 11.3 Å². The number of benzene rings is 1. The zero-order chi connectivity index (χ0) is 12.1. The lowest BCUT2D eigenvalue weighted by Crippen LogP contribution is -2.30. The number of carbonyl (C=O) groups is 1. The Balaban J connectivity index is 3.17. The Morgan fingerprint density at radius 3 is 2.75 bits per heavy atom. The Morgan fingerprint density at radius 2 is 2.25 bits per heavy atom. The molecule has 1 aromatic rings. The molecule has 86 valence electrons. The van der Waals surface area contributed by atoms with E-state index < -0.39 is 10.8 Å². The number of hydrogen-bond acceptors (Lipinski definition) is 5. The zero-order valence-electron chi connectivity index (χ0n) is 8.69. The molecule has 0 aliphatic heterocycles. The van der Waals surface area contributed by atoms with Crippen molar-refractivity contribution in [3.63, 3.8) is 0 Å². The Morgan fingerprint density at radius 1 is 1.56 bits per heavy atom. The monoisotopic (exact) mass is 224 g/mol. The molecule has 1 aromatic carbocycles. The van der Waals surface area contributed by atoms with Crippen LogP contribution in [0.25, 0.3) is 0 Å². The first-order chi connectivity index (χ1) is 7.60. The fourth-order valence-corrected chi connectivity index (χ4v) is 1.25. The molecule has 0 atom stereocenters. The Labute approximate surface area is 91.8 Å². The molecule has 7 nitrogen and oxygen atoms in total. The minimum Gasteiger partial charge on any atom is -0.380 e. The molecule has 0 aliphatic carbocycles. The molecule has 0 radical (unpaired) electrons. The van der Waals surface area contributed by atoms with Crippen molar-refractivity contribution in [2.45, 2.75) is 6.92 Å². The van der Waals surface area contributed by atoms with E-state index >= 15 is 0 Å². The number of nitro groups is 1. The molecule has 0 heterocycles. The average Bonchev–Trinajstić information content (AvgIpc) is 2.28. The van der Waals surface area contributed by atoms with E-state index in [2.05, 4.69) is 5.32 Å². The number of nitrogen functional groups attached to an aromatic ring is 1. The number of carbonyl (C=O) groups excluding carboxylic acids is 1. The minimum absolute atomic E-state index is 0.149. The molecule has 7 heteroatoms. The number of anilines is 1. The first-order valence-electron chi connectivity index (χ1n) is 4.63. The maximum Gasteiger partial charge on any atom is 0.293 e. The van der Waals surface area contributed by atoms with E-state index in [4.69, 9.17) is 5.84 Å². The van der Waals surface area contributed by atoms with Crippen molar-refractivity contribution < 1.29 is 9.72 Å². The molecule has 0 saturated heterocycles. The van der Waals surface area contributed by atoms with Gasteiger partial charge < -0.3 is 5.32 Å². The number of nitrogens with one attached hydrogen (secondary N) is 2. The molecule has 0 aliphatic rings. The summed E-state index contributed by atoms with van der Waals surface area (Å²) < 4.78 is 0. The first kappa shape index (κ1) is 11.9. The molecule has 0 unspecified atom stereocenters. The lowest BCUT2D eigenvalue weighted by molar-refractivity contribution is -0.384. The Bertz CT molecular complexity index is 419. The molecular formula is C9H12N4O3. The number of nitrogens with two attached hydrogens (primary N) is 1. The maximum absolute atomic E-state index is 11.2. The van der Waals surface area contributed by atoms with Crippen molar-refractivity contribution in [1.82, 2.24) is 5.43 Å². The summed E-state index contributed by atoms with van der Waals surface area (Å²) in [4.78, 5) is 21.4. The van der Waals surface area contributed by atoms with E-state index in [9.17, 15) is 14.9 Å². The predicted octanol–water partition coefficient (Wildman–Crippen LogP) is 0.630. The summed E-state index contributed by atoms with van der Waals surface area (Å²) >= 11 is 0. The Hall–Kier alpha value is -2.15. The molecule has 1 rings (SSSR count). The molecule has 4 N–H and O–H groups in total. The summed E-state index contributed by atoms with van der Waals surface area (Å²) in [5, 5.41) is 13.6. The fourth-order valence-electron chi connectivity index (χ4n) is 1.25. The van der Waals surface area contributed by atoms with E-state index in [1.807, 2.05) is 12.3 Å². The van der Waals surface area contributed by atoms with Gasteiger partial charge in [-0.1, -0.05) is 0 Å². The van der Waals surface area contributed by atoms with Gasteiger partial charge in [0.15, 0.2) is 0 Å². The van der Waals surface area contributed by atoms with Crippen LogP contribution in [0.15, 0.2) is 18.2 Å². The summed E-state index contributed by atoms with van der Waals surface area (Å²) in [6.07, 6.45) is 0. The molecule has 16 heavy (non-hydrogen) atoms. The molecule has 0 fully saturated rings. The summed E-state index contributed by atoms with van der Waals surface area (Å²) in [6.45, 7) is 2.38. The average molecular weight is 224 g/mol. The van der Waals surface area contributed by atoms with Crippen molar-refractivity contribution in [2.75, 3.05) is 11.9 Å². The lowest BCUT2D eigenvalue weighted by atomic mass is 10.1. The highest BCUT2D eigenvalue weighted by atomic mass is 16.6. The number of hydrogen-bond donors (Lipinski definition) is 3. The highest BCUT2D eigenvalue weighted by Crippen LogP contribution is 2.25. The summed E-state index contributed by atoms with van der Waals surface area (Å²) in [5.41, 5.74) is 2.29. The van der Waals surface area contributed by atoms with Crippen LogP contribution in [0.4, 0.5) is 11.4 Å². The summed E-state index contributed by atoms with van der Waals surface area (Å²) in [6, 6.07) is 4.12. The van der Waals surface area contributed by atoms with Gasteiger partial charge in [0.1, 0.15) is 5.69 Å². The second kappa shape index (κ2) is 5.08. The quantitative estimate of drug-likeness (QED) is 0.300. The van der Waals surface area contributed by atoms with Crippen LogP contribution in [0.1, 0.15) is 17.3 Å². The SMILES string of the molecule is CCNc1ccc(C(=O)NN)cc1[N+](=O)[O-]. The predicted molar refractivity (Wildman–Crippen MR) is 58.9 cm³/mol. The molecule has 0 aromatic heterocycles. The standard InChI is InChI=1S/C9H12N4O3/c1-2-11-7-4-3-6(9(14)12-10)5-8(7)13(15)16/h3-5,11H,2,10H2,1H3,(H,12,14). The van der Waals surface area contributed by atoms with Gasteiger partial charge in [-0.15, -0.1) is 0 Å². The van der Waals surface area contributed by atoms with Crippen LogP contribution in [0, 0.1) is 10.1 Å². The highest BCUT2D eigenvalue weighted by Gasteiger charge is 2.16. The van der Waals surface area contributed by atoms with E-state index in [1.54, 1.807) is 0 Å². The topological polar surface area (TPSA) is 110 Å². The van der Waals surface area contributed by atoms with Crippen LogP contribution in [-0.2, 0) is 0 Å². The van der Waals surface area contributed by atoms with E-state index in [0.29, 0.717) is 12.2 Å². The van der Waals surface area contributed by atoms with Crippen molar-refractivity contribution in [2.24, 2.45) is 5.84 Å². The van der Waals surface area contributed by atoms with Gasteiger partial charge >= 0.3 is 0 Å². The fraction of sp³-hybridized carbons (Fsp3) is 0.222. The molecule has 1 amide bonds. The number of amides is 1. The van der Waals surface area contributed by atoms with Crippen molar-refractivity contribution in [1.29, 1.82) is 0 Å². The van der Waals surface area contributed by atoms with Crippen molar-refractivity contribution in [3.8, 4) is 0 Å². The van der Waals surface area contributed by atoms with Gasteiger partial charge in [-0.25, -0.2) is 5.84 Å². The maximum atomic E-state index is 11.2. The number of nitrogens with zero attached hydrogens (tertiary/aromatic N) is 1. The largest absolute Gasteiger partial charge is 0.380 e. The minimum atomic E-state index is -0.564. The van der Waals surface area contributed by atoms with Gasteiger partial charge in [-0.05, 0) is 19.1 Å². The zero-order valence-corrected chi connectivity index (χ0v) is 8.69. The molecule has 0 saturated carbocycles. The van der Waals surface area contributed by atoms with Crippen LogP contribution in [-0.4, -0.2) is 17.4 Å². The molecule has 0 bridgehead atoms. The Kier molecular flexibility index (Phi) is 3.78. The molecule has 0 spiro atoms. The number of nitro benzene ring substituents is 1. The third kappa shape index (κ3) is 2.45. The second-order valence-electron chi connectivity index (χ2n) is 2.99. The van der Waals surface area contributed by atoms with Crippen molar-refractivity contribution in [3.05, 3.63) is 33.9 Å². The third-order valence-electron chi connectivity index (χ3n) is 1.95. The number of hydrazine groups is 1. The van der Waals surface area contributed by atoms with Crippen LogP contribution in [0.3, 0.4) is 0 Å². The van der Waals surface area contributed by atoms with E-state index in [1.165, 1.54) is 18.2 Å². The number of rotatable bonds is 4. The summed E-state index contributed by atoms with van der Waals surface area (Å²) in [5.74, 6) is 4.38. The second-order valence-corrected chi connectivity index (χ2v) is 2.99. The van der Waals surface area contributed by atoms with Gasteiger partial charge in [0.2, 0.25) is 0 Å². The van der Waals surface area contributed by atoms with Gasteiger partial charge in [0.05, 0.1) is 4.92 Å². The van der Waals surface area contributed by atoms with E-state index in [0.717, 1.165) is 0 Å². The lowest BCUT2D eigenvalue weighted by Gasteiger charge is -2.05. The van der Waals surface area contributed by atoms with Gasteiger partial charge in [-0.2, -0.15) is 0 Å². The van der Waals surface area contributed by atoms with Crippen molar-refractivity contribution >= 4 is 17.3 Å². The highest BCUT2D eigenvalue weighted by molar-refractivity contribution is 5.95. The van der Waals surface area contributed by atoms with Gasteiger partial charge in [0.25, 0.3) is 11.6 Å². The van der Waals surface area contributed by atoms with Crippen LogP contribution >= 0.6 is 0 Å². The van der Waals surface area contributed by atoms with Gasteiger partial charge in [-0.3, -0.25) is 20.3 Å². The van der Waals surface area contributed by atoms with Crippen LogP contribution < -0.4 is 16.6 Å². The van der Waals surface area contributed by atoms with Gasteiger partial charge in [0, 0.05) is 18.2 Å². The van der Waals surface area contributed by atoms with Crippen LogP contribution in [0.2, 0.25) is 0 Å². The normalized spacial score (nSPS) is 9.62. The summed E-state index contributed by atoms with van der Waals surface area (Å²) in [7, 11) is 0. The smallest absolute Gasteiger partial charge is 0.293 e. The first-order valence-corrected chi connectivity index (χ1v) is 4.63. The third-order valence-corrected chi connectivity index (χ3v) is 1.95. The molecular weight excluding hydrogens is 212 g/mol.